The van der Waals surface area contributed by atoms with E-state index < -0.39 is 0 Å². The molecule has 0 radical (unpaired) electrons. The van der Waals surface area contributed by atoms with Crippen LogP contribution in [0.15, 0.2) is 91.0 Å². The summed E-state index contributed by atoms with van der Waals surface area (Å²) >= 11 is 12.2. The Morgan fingerprint density at radius 1 is 0.735 bits per heavy atom. The second-order valence-corrected chi connectivity index (χ2v) is 8.96. The molecule has 0 saturated carbocycles. The molecule has 4 aromatic rings. The molecule has 5 rings (SSSR count). The normalized spacial score (nSPS) is 12.4. The van der Waals surface area contributed by atoms with Gasteiger partial charge in [0.1, 0.15) is 0 Å². The van der Waals surface area contributed by atoms with Crippen molar-refractivity contribution in [2.45, 2.75) is 13.0 Å². The fraction of sp³-hybridized carbons (Fsp3) is 0.0714. The van der Waals surface area contributed by atoms with E-state index in [1.807, 2.05) is 35.2 Å². The highest BCUT2D eigenvalue weighted by Gasteiger charge is 2.25. The molecule has 0 aliphatic carbocycles. The van der Waals surface area contributed by atoms with E-state index in [0.717, 1.165) is 23.2 Å². The second-order valence-electron chi connectivity index (χ2n) is 8.12. The van der Waals surface area contributed by atoms with Crippen LogP contribution in [0.3, 0.4) is 0 Å². The summed E-state index contributed by atoms with van der Waals surface area (Å²) in [7, 11) is 0. The van der Waals surface area contributed by atoms with Crippen LogP contribution >= 0.6 is 23.2 Å². The molecule has 168 valence electrons. The molecule has 1 aliphatic heterocycles. The number of hydrogen-bond acceptors (Lipinski definition) is 2. The highest BCUT2D eigenvalue weighted by atomic mass is 35.5. The third-order valence-corrected chi connectivity index (χ3v) is 6.49. The molecule has 1 aliphatic rings. The lowest BCUT2D eigenvalue weighted by Gasteiger charge is -2.23. The van der Waals surface area contributed by atoms with E-state index in [1.54, 1.807) is 42.5 Å². The quantitative estimate of drug-likeness (QED) is 0.338. The molecule has 0 unspecified atom stereocenters. The first-order valence-corrected chi connectivity index (χ1v) is 11.6. The molecule has 1 N–H and O–H groups in total. The minimum Gasteiger partial charge on any atom is -0.321 e. The molecular formula is C28H20Cl2N2O2. The summed E-state index contributed by atoms with van der Waals surface area (Å²) < 4.78 is 0. The number of carbonyl (C=O) groups is 2. The van der Waals surface area contributed by atoms with Gasteiger partial charge >= 0.3 is 0 Å². The molecule has 0 spiro atoms. The van der Waals surface area contributed by atoms with Crippen molar-refractivity contribution in [2.24, 2.45) is 0 Å². The maximum absolute atomic E-state index is 13.6. The van der Waals surface area contributed by atoms with Crippen LogP contribution in [0.5, 0.6) is 0 Å². The highest BCUT2D eigenvalue weighted by molar-refractivity contribution is 6.35. The van der Waals surface area contributed by atoms with Gasteiger partial charge in [0.2, 0.25) is 0 Å². The van der Waals surface area contributed by atoms with Gasteiger partial charge in [0, 0.05) is 21.8 Å². The van der Waals surface area contributed by atoms with Gasteiger partial charge in [-0.05, 0) is 71.6 Å². The van der Waals surface area contributed by atoms with Crippen molar-refractivity contribution in [3.05, 3.63) is 129 Å². The number of amides is 2. The summed E-state index contributed by atoms with van der Waals surface area (Å²) in [6.07, 6.45) is 0.779. The molecule has 6 heteroatoms. The van der Waals surface area contributed by atoms with E-state index in [4.69, 9.17) is 23.2 Å². The summed E-state index contributed by atoms with van der Waals surface area (Å²) in [4.78, 5) is 28.1. The van der Waals surface area contributed by atoms with Crippen molar-refractivity contribution < 1.29 is 9.59 Å². The van der Waals surface area contributed by atoms with Crippen molar-refractivity contribution in [1.29, 1.82) is 0 Å². The molecule has 1 heterocycles. The number of rotatable bonds is 3. The number of anilines is 2. The zero-order valence-corrected chi connectivity index (χ0v) is 19.6. The molecule has 0 atom stereocenters. The lowest BCUT2D eigenvalue weighted by molar-refractivity contribution is 0.0982. The topological polar surface area (TPSA) is 49.4 Å². The van der Waals surface area contributed by atoms with Crippen molar-refractivity contribution in [1.82, 2.24) is 0 Å². The Balaban J connectivity index is 1.41. The number of fused-ring (bicyclic) bond motifs is 2. The van der Waals surface area contributed by atoms with Crippen LogP contribution in [0.2, 0.25) is 10.0 Å². The van der Waals surface area contributed by atoms with Gasteiger partial charge in [-0.1, -0.05) is 65.7 Å². The first kappa shape index (κ1) is 22.2. The Kier molecular flexibility index (Phi) is 6.10. The van der Waals surface area contributed by atoms with Gasteiger partial charge in [-0.2, -0.15) is 0 Å². The molecule has 0 bridgehead atoms. The second kappa shape index (κ2) is 9.34. The largest absolute Gasteiger partial charge is 0.321 e. The Bertz CT molecular complexity index is 1400. The molecule has 2 amide bonds. The Labute approximate surface area is 207 Å². The third-order valence-electron chi connectivity index (χ3n) is 5.93. The fourth-order valence-corrected chi connectivity index (χ4v) is 4.49. The van der Waals surface area contributed by atoms with Crippen LogP contribution < -0.4 is 10.2 Å². The summed E-state index contributed by atoms with van der Waals surface area (Å²) in [5.41, 5.74) is 5.70. The lowest BCUT2D eigenvalue weighted by Crippen LogP contribution is -2.30. The fourth-order valence-electron chi connectivity index (χ4n) is 4.16. The van der Waals surface area contributed by atoms with E-state index in [-0.39, 0.29) is 11.8 Å². The molecule has 0 aromatic heterocycles. The van der Waals surface area contributed by atoms with Gasteiger partial charge in [-0.25, -0.2) is 0 Å². The zero-order valence-electron chi connectivity index (χ0n) is 18.1. The maximum Gasteiger partial charge on any atom is 0.258 e. The van der Waals surface area contributed by atoms with Crippen molar-refractivity contribution in [3.63, 3.8) is 0 Å². The summed E-state index contributed by atoms with van der Waals surface area (Å²) in [5.74, 6) is -0.453. The van der Waals surface area contributed by atoms with Crippen LogP contribution in [0.25, 0.3) is 0 Å². The zero-order chi connectivity index (χ0) is 23.7. The molecule has 0 saturated heterocycles. The van der Waals surface area contributed by atoms with E-state index in [2.05, 4.69) is 23.5 Å². The minimum absolute atomic E-state index is 0.117. The van der Waals surface area contributed by atoms with E-state index >= 15 is 0 Å². The van der Waals surface area contributed by atoms with Gasteiger partial charge in [0.05, 0.1) is 17.3 Å². The predicted molar refractivity (Wildman–Crippen MR) is 137 cm³/mol. The Morgan fingerprint density at radius 3 is 2.15 bits per heavy atom. The number of halogens is 2. The molecule has 4 nitrogen and oxygen atoms in total. The third kappa shape index (κ3) is 4.43. The van der Waals surface area contributed by atoms with E-state index in [0.29, 0.717) is 33.4 Å². The van der Waals surface area contributed by atoms with Crippen molar-refractivity contribution in [3.8, 4) is 0 Å². The summed E-state index contributed by atoms with van der Waals surface area (Å²) in [6.45, 7) is 0.488. The Morgan fingerprint density at radius 2 is 1.38 bits per heavy atom. The number of carbonyl (C=O) groups excluding carboxylic acids is 2. The van der Waals surface area contributed by atoms with E-state index in [1.165, 1.54) is 5.56 Å². The van der Waals surface area contributed by atoms with Crippen LogP contribution in [0.4, 0.5) is 11.4 Å². The number of hydrogen-bond donors (Lipinski definition) is 1. The van der Waals surface area contributed by atoms with Crippen LogP contribution in [0, 0.1) is 0 Å². The SMILES string of the molecule is O=C(Nc1cc(Cl)ccc1Cl)c1ccc(C(=O)N2Cc3ccccc3Cc3ccccc32)cc1. The first-order chi connectivity index (χ1) is 16.5. The Hall–Kier alpha value is -3.60. The number of benzene rings is 4. The standard InChI is InChI=1S/C28H20Cl2N2O2/c29-23-13-14-24(30)25(16-23)31-27(33)18-9-11-19(12-10-18)28(34)32-17-22-7-2-1-5-20(22)15-21-6-3-4-8-26(21)32/h1-14,16H,15,17H2,(H,31,33). The van der Waals surface area contributed by atoms with Gasteiger partial charge < -0.3 is 10.2 Å². The summed E-state index contributed by atoms with van der Waals surface area (Å²) in [5, 5.41) is 3.63. The first-order valence-electron chi connectivity index (χ1n) is 10.8. The number of nitrogens with one attached hydrogen (secondary N) is 1. The smallest absolute Gasteiger partial charge is 0.258 e. The van der Waals surface area contributed by atoms with Gasteiger partial charge in [0.15, 0.2) is 0 Å². The predicted octanol–water partition coefficient (Wildman–Crippen LogP) is 7.00. The van der Waals surface area contributed by atoms with Crippen LogP contribution in [-0.2, 0) is 13.0 Å². The van der Waals surface area contributed by atoms with Crippen molar-refractivity contribution in [2.75, 3.05) is 10.2 Å². The van der Waals surface area contributed by atoms with Crippen LogP contribution in [-0.4, -0.2) is 11.8 Å². The van der Waals surface area contributed by atoms with Gasteiger partial charge in [0.25, 0.3) is 11.8 Å². The molecule has 4 aromatic carbocycles. The average molecular weight is 487 g/mol. The molecular weight excluding hydrogens is 467 g/mol. The monoisotopic (exact) mass is 486 g/mol. The highest BCUT2D eigenvalue weighted by Crippen LogP contribution is 2.32. The maximum atomic E-state index is 13.6. The number of para-hydroxylation sites is 1. The van der Waals surface area contributed by atoms with Crippen LogP contribution in [0.1, 0.15) is 37.4 Å². The van der Waals surface area contributed by atoms with Gasteiger partial charge in [-0.15, -0.1) is 0 Å². The summed E-state index contributed by atoms with van der Waals surface area (Å²) in [6, 6.07) is 27.7. The van der Waals surface area contributed by atoms with Gasteiger partial charge in [-0.3, -0.25) is 9.59 Å². The minimum atomic E-state index is -0.336. The lowest BCUT2D eigenvalue weighted by atomic mass is 10.0. The number of nitrogens with zero attached hydrogens (tertiary/aromatic N) is 1. The van der Waals surface area contributed by atoms with E-state index in [9.17, 15) is 9.59 Å². The average Bonchev–Trinajstić information content (AvgIpc) is 3.02. The molecule has 0 fully saturated rings. The molecule has 34 heavy (non-hydrogen) atoms. The van der Waals surface area contributed by atoms with Crippen molar-refractivity contribution >= 4 is 46.4 Å².